The Hall–Kier alpha value is -2.34. The zero-order valence-corrected chi connectivity index (χ0v) is 11.2. The third-order valence-corrected chi connectivity index (χ3v) is 2.86. The fourth-order valence-corrected chi connectivity index (χ4v) is 1.83. The smallest absolute Gasteiger partial charge is 0.315 e. The van der Waals surface area contributed by atoms with Gasteiger partial charge in [-0.25, -0.2) is 4.79 Å². The molecule has 0 atom stereocenters. The molecule has 0 fully saturated rings. The molecular weight excluding hydrogens is 258 g/mol. The first kappa shape index (κ1) is 14.1. The molecule has 0 bridgehead atoms. The SMILES string of the molecule is COCCNC(=O)NCc1cc2ccccc2[nH]c1=O. The lowest BCUT2D eigenvalue weighted by Gasteiger charge is -2.07. The van der Waals surface area contributed by atoms with E-state index in [1.807, 2.05) is 24.3 Å². The molecule has 1 heterocycles. The summed E-state index contributed by atoms with van der Waals surface area (Å²) in [6.45, 7) is 1.05. The summed E-state index contributed by atoms with van der Waals surface area (Å²) in [6.07, 6.45) is 0. The molecule has 0 saturated heterocycles. The quantitative estimate of drug-likeness (QED) is 0.711. The maximum Gasteiger partial charge on any atom is 0.315 e. The Morgan fingerprint density at radius 1 is 1.30 bits per heavy atom. The van der Waals surface area contributed by atoms with Crippen LogP contribution in [0.25, 0.3) is 10.9 Å². The van der Waals surface area contributed by atoms with Crippen molar-refractivity contribution in [3.05, 3.63) is 46.2 Å². The molecule has 6 heteroatoms. The molecule has 0 spiro atoms. The van der Waals surface area contributed by atoms with Crippen molar-refractivity contribution in [2.45, 2.75) is 6.54 Å². The molecule has 2 amide bonds. The number of methoxy groups -OCH3 is 1. The van der Waals surface area contributed by atoms with Gasteiger partial charge in [0.1, 0.15) is 0 Å². The molecule has 0 radical (unpaired) electrons. The highest BCUT2D eigenvalue weighted by molar-refractivity contribution is 5.79. The average Bonchev–Trinajstić information content (AvgIpc) is 2.45. The Balaban J connectivity index is 2.01. The van der Waals surface area contributed by atoms with Crippen LogP contribution in [0.5, 0.6) is 0 Å². The van der Waals surface area contributed by atoms with Crippen LogP contribution in [0.2, 0.25) is 0 Å². The molecule has 20 heavy (non-hydrogen) atoms. The van der Waals surface area contributed by atoms with Crippen LogP contribution >= 0.6 is 0 Å². The molecule has 6 nitrogen and oxygen atoms in total. The first-order chi connectivity index (χ1) is 9.70. The molecule has 0 aliphatic carbocycles. The number of ether oxygens (including phenoxy) is 1. The standard InChI is InChI=1S/C14H17N3O3/c1-20-7-6-15-14(19)16-9-11-8-10-4-2-3-5-12(10)17-13(11)18/h2-5,8H,6-7,9H2,1H3,(H,17,18)(H2,15,16,19). The lowest BCUT2D eigenvalue weighted by Crippen LogP contribution is -2.37. The number of rotatable bonds is 5. The van der Waals surface area contributed by atoms with Crippen LogP contribution < -0.4 is 16.2 Å². The highest BCUT2D eigenvalue weighted by Gasteiger charge is 2.04. The highest BCUT2D eigenvalue weighted by Crippen LogP contribution is 2.09. The van der Waals surface area contributed by atoms with Crippen molar-refractivity contribution in [3.8, 4) is 0 Å². The normalized spacial score (nSPS) is 10.4. The number of aromatic nitrogens is 1. The summed E-state index contributed by atoms with van der Waals surface area (Å²) in [5.41, 5.74) is 1.11. The number of urea groups is 1. The van der Waals surface area contributed by atoms with E-state index in [1.165, 1.54) is 0 Å². The minimum Gasteiger partial charge on any atom is -0.383 e. The third-order valence-electron chi connectivity index (χ3n) is 2.86. The number of hydrogen-bond donors (Lipinski definition) is 3. The van der Waals surface area contributed by atoms with E-state index >= 15 is 0 Å². The van der Waals surface area contributed by atoms with E-state index in [1.54, 1.807) is 13.2 Å². The van der Waals surface area contributed by atoms with Crippen molar-refractivity contribution in [2.75, 3.05) is 20.3 Å². The van der Waals surface area contributed by atoms with Crippen molar-refractivity contribution in [2.24, 2.45) is 0 Å². The fourth-order valence-electron chi connectivity index (χ4n) is 1.83. The monoisotopic (exact) mass is 275 g/mol. The number of benzene rings is 1. The molecule has 2 rings (SSSR count). The number of amides is 2. The predicted octanol–water partition coefficient (Wildman–Crippen LogP) is 0.974. The zero-order chi connectivity index (χ0) is 14.4. The highest BCUT2D eigenvalue weighted by atomic mass is 16.5. The second-order valence-electron chi connectivity index (χ2n) is 4.31. The van der Waals surface area contributed by atoms with E-state index in [2.05, 4.69) is 15.6 Å². The van der Waals surface area contributed by atoms with Crippen LogP contribution in [-0.2, 0) is 11.3 Å². The predicted molar refractivity (Wildman–Crippen MR) is 76.7 cm³/mol. The first-order valence-electron chi connectivity index (χ1n) is 6.32. The van der Waals surface area contributed by atoms with Gasteiger partial charge in [0.25, 0.3) is 5.56 Å². The van der Waals surface area contributed by atoms with E-state index in [-0.39, 0.29) is 18.1 Å². The molecule has 0 unspecified atom stereocenters. The van der Waals surface area contributed by atoms with Crippen molar-refractivity contribution < 1.29 is 9.53 Å². The Labute approximate surface area is 116 Å². The number of aromatic amines is 1. The fraction of sp³-hybridized carbons (Fsp3) is 0.286. The number of nitrogens with one attached hydrogen (secondary N) is 3. The molecule has 1 aromatic heterocycles. The number of para-hydroxylation sites is 1. The molecule has 0 saturated carbocycles. The first-order valence-corrected chi connectivity index (χ1v) is 6.32. The lowest BCUT2D eigenvalue weighted by molar-refractivity contribution is 0.196. The van der Waals surface area contributed by atoms with Crippen molar-refractivity contribution in [3.63, 3.8) is 0 Å². The summed E-state index contributed by atoms with van der Waals surface area (Å²) >= 11 is 0. The van der Waals surface area contributed by atoms with Crippen molar-refractivity contribution in [1.29, 1.82) is 0 Å². The van der Waals surface area contributed by atoms with E-state index in [0.717, 1.165) is 10.9 Å². The summed E-state index contributed by atoms with van der Waals surface area (Å²) in [5, 5.41) is 6.19. The van der Waals surface area contributed by atoms with Gasteiger partial charge in [-0.15, -0.1) is 0 Å². The number of pyridine rings is 1. The largest absolute Gasteiger partial charge is 0.383 e. The van der Waals surface area contributed by atoms with Gasteiger partial charge in [0.15, 0.2) is 0 Å². The van der Waals surface area contributed by atoms with Gasteiger partial charge in [-0.05, 0) is 17.5 Å². The number of carbonyl (C=O) groups is 1. The van der Waals surface area contributed by atoms with Crippen LogP contribution in [-0.4, -0.2) is 31.3 Å². The summed E-state index contributed by atoms with van der Waals surface area (Å²) in [5.74, 6) is 0. The molecule has 1 aromatic carbocycles. The summed E-state index contributed by atoms with van der Waals surface area (Å²) < 4.78 is 4.82. The third kappa shape index (κ3) is 3.58. The number of hydrogen-bond acceptors (Lipinski definition) is 3. The molecule has 0 aliphatic rings. The minimum atomic E-state index is -0.324. The van der Waals surface area contributed by atoms with Gasteiger partial charge in [0.2, 0.25) is 0 Å². The van der Waals surface area contributed by atoms with Gasteiger partial charge in [0.05, 0.1) is 6.61 Å². The summed E-state index contributed by atoms with van der Waals surface area (Å²) in [4.78, 5) is 26.1. The van der Waals surface area contributed by atoms with Gasteiger partial charge in [-0.2, -0.15) is 0 Å². The van der Waals surface area contributed by atoms with E-state index < -0.39 is 0 Å². The Kier molecular flexibility index (Phi) is 4.73. The second kappa shape index (κ2) is 6.72. The molecule has 2 aromatic rings. The topological polar surface area (TPSA) is 83.2 Å². The second-order valence-corrected chi connectivity index (χ2v) is 4.31. The minimum absolute atomic E-state index is 0.180. The van der Waals surface area contributed by atoms with Crippen molar-refractivity contribution >= 4 is 16.9 Å². The number of carbonyl (C=O) groups excluding carboxylic acids is 1. The Morgan fingerprint density at radius 2 is 2.10 bits per heavy atom. The summed E-state index contributed by atoms with van der Waals surface area (Å²) in [6, 6.07) is 8.96. The molecular formula is C14H17N3O3. The van der Waals surface area contributed by atoms with Gasteiger partial charge in [-0.1, -0.05) is 18.2 Å². The van der Waals surface area contributed by atoms with Crippen LogP contribution in [0.15, 0.2) is 35.1 Å². The van der Waals surface area contributed by atoms with E-state index in [0.29, 0.717) is 18.7 Å². The van der Waals surface area contributed by atoms with Crippen molar-refractivity contribution in [1.82, 2.24) is 15.6 Å². The maximum atomic E-state index is 11.9. The molecule has 3 N–H and O–H groups in total. The Morgan fingerprint density at radius 3 is 2.90 bits per heavy atom. The van der Waals surface area contributed by atoms with E-state index in [9.17, 15) is 9.59 Å². The lowest BCUT2D eigenvalue weighted by atomic mass is 10.1. The van der Waals surface area contributed by atoms with Gasteiger partial charge < -0.3 is 20.4 Å². The zero-order valence-electron chi connectivity index (χ0n) is 11.2. The average molecular weight is 275 g/mol. The van der Waals surface area contributed by atoms with Gasteiger partial charge in [0, 0.05) is 31.3 Å². The van der Waals surface area contributed by atoms with Crippen LogP contribution in [0.1, 0.15) is 5.56 Å². The number of fused-ring (bicyclic) bond motifs is 1. The molecule has 0 aliphatic heterocycles. The van der Waals surface area contributed by atoms with Gasteiger partial charge in [-0.3, -0.25) is 4.79 Å². The summed E-state index contributed by atoms with van der Waals surface area (Å²) in [7, 11) is 1.56. The van der Waals surface area contributed by atoms with E-state index in [4.69, 9.17) is 4.74 Å². The van der Waals surface area contributed by atoms with Crippen LogP contribution in [0, 0.1) is 0 Å². The maximum absolute atomic E-state index is 11.9. The van der Waals surface area contributed by atoms with Gasteiger partial charge >= 0.3 is 6.03 Å². The van der Waals surface area contributed by atoms with Crippen LogP contribution in [0.4, 0.5) is 4.79 Å². The Bertz CT molecular complexity index is 651. The number of H-pyrrole nitrogens is 1. The van der Waals surface area contributed by atoms with Crippen LogP contribution in [0.3, 0.4) is 0 Å². The molecule has 106 valence electrons.